The van der Waals surface area contributed by atoms with Crippen molar-refractivity contribution in [2.45, 2.75) is 51.6 Å². The highest BCUT2D eigenvalue weighted by molar-refractivity contribution is 6.12. The summed E-state index contributed by atoms with van der Waals surface area (Å²) >= 11 is 0. The Morgan fingerprint density at radius 2 is 1.68 bits per heavy atom. The molecule has 3 aliphatic heterocycles. The van der Waals surface area contributed by atoms with Crippen molar-refractivity contribution < 1.29 is 14.3 Å². The molecule has 2 saturated heterocycles. The molecule has 40 heavy (non-hydrogen) atoms. The summed E-state index contributed by atoms with van der Waals surface area (Å²) in [5.74, 6) is 1.06. The van der Waals surface area contributed by atoms with Gasteiger partial charge in [-0.2, -0.15) is 4.99 Å². The van der Waals surface area contributed by atoms with Crippen LogP contribution in [0.3, 0.4) is 0 Å². The molecule has 3 fully saturated rings. The van der Waals surface area contributed by atoms with Crippen LogP contribution in [0.2, 0.25) is 0 Å². The third-order valence-corrected chi connectivity index (χ3v) is 8.91. The average molecular weight is 544 g/mol. The van der Waals surface area contributed by atoms with Crippen LogP contribution in [0.25, 0.3) is 0 Å². The van der Waals surface area contributed by atoms with Crippen LogP contribution in [0, 0.1) is 12.8 Å². The van der Waals surface area contributed by atoms with E-state index in [1.54, 1.807) is 0 Å². The molecule has 1 N–H and O–H groups in total. The minimum Gasteiger partial charge on any atom is -0.379 e. The summed E-state index contributed by atoms with van der Waals surface area (Å²) in [5.41, 5.74) is 5.42. The summed E-state index contributed by atoms with van der Waals surface area (Å²) in [6.07, 6.45) is 4.27. The summed E-state index contributed by atoms with van der Waals surface area (Å²) in [5, 5.41) is 3.34. The van der Waals surface area contributed by atoms with Crippen LogP contribution in [-0.4, -0.2) is 86.0 Å². The fourth-order valence-corrected chi connectivity index (χ4v) is 6.60. The smallest absolute Gasteiger partial charge is 0.278 e. The number of amides is 2. The Bertz CT molecular complexity index is 1240. The minimum absolute atomic E-state index is 0.0960. The lowest BCUT2D eigenvalue weighted by Gasteiger charge is -2.38. The summed E-state index contributed by atoms with van der Waals surface area (Å²) in [4.78, 5) is 38.0. The monoisotopic (exact) mass is 543 g/mol. The van der Waals surface area contributed by atoms with Gasteiger partial charge in [0.05, 0.1) is 13.2 Å². The molecular formula is C32H41N5O3. The number of carbonyl (C=O) groups excluding carboxylic acids is 2. The minimum atomic E-state index is -0.191. The Kier molecular flexibility index (Phi) is 8.27. The quantitative estimate of drug-likeness (QED) is 0.623. The third kappa shape index (κ3) is 5.99. The second-order valence-electron chi connectivity index (χ2n) is 11.7. The van der Waals surface area contributed by atoms with Crippen LogP contribution < -0.4 is 10.2 Å². The zero-order valence-electron chi connectivity index (χ0n) is 23.6. The van der Waals surface area contributed by atoms with Crippen molar-refractivity contribution in [2.75, 3.05) is 57.4 Å². The zero-order chi connectivity index (χ0) is 27.5. The molecule has 0 atom stereocenters. The van der Waals surface area contributed by atoms with Crippen molar-refractivity contribution in [1.82, 2.24) is 15.1 Å². The maximum atomic E-state index is 13.2. The number of carbonyl (C=O) groups is 2. The van der Waals surface area contributed by atoms with Crippen LogP contribution in [-0.2, 0) is 22.5 Å². The molecule has 0 unspecified atom stereocenters. The van der Waals surface area contributed by atoms with Gasteiger partial charge in [0, 0.05) is 75.4 Å². The second kappa shape index (κ2) is 12.2. The number of aryl methyl sites for hydroxylation is 1. The first-order valence-electron chi connectivity index (χ1n) is 14.9. The zero-order valence-corrected chi connectivity index (χ0v) is 23.6. The van der Waals surface area contributed by atoms with E-state index in [9.17, 15) is 9.59 Å². The van der Waals surface area contributed by atoms with E-state index in [4.69, 9.17) is 9.73 Å². The molecule has 6 rings (SSSR count). The van der Waals surface area contributed by atoms with E-state index in [1.807, 2.05) is 36.1 Å². The van der Waals surface area contributed by atoms with Gasteiger partial charge in [-0.3, -0.25) is 14.5 Å². The number of morpholine rings is 1. The Labute approximate surface area is 237 Å². The van der Waals surface area contributed by atoms with Gasteiger partial charge in [0.1, 0.15) is 5.84 Å². The number of rotatable bonds is 5. The fraction of sp³-hybridized carbons (Fsp3) is 0.531. The first kappa shape index (κ1) is 27.1. The number of benzene rings is 2. The van der Waals surface area contributed by atoms with Gasteiger partial charge in [-0.25, -0.2) is 0 Å². The van der Waals surface area contributed by atoms with E-state index < -0.39 is 0 Å². The maximum Gasteiger partial charge on any atom is 0.278 e. The van der Waals surface area contributed by atoms with E-state index in [1.165, 1.54) is 16.8 Å². The van der Waals surface area contributed by atoms with Crippen molar-refractivity contribution in [3.63, 3.8) is 0 Å². The van der Waals surface area contributed by atoms with Crippen LogP contribution in [0.1, 0.15) is 52.7 Å². The van der Waals surface area contributed by atoms with Crippen molar-refractivity contribution in [2.24, 2.45) is 10.9 Å². The van der Waals surface area contributed by atoms with Crippen molar-refractivity contribution in [3.8, 4) is 0 Å². The number of nitrogens with one attached hydrogen (secondary N) is 1. The third-order valence-electron chi connectivity index (χ3n) is 8.91. The van der Waals surface area contributed by atoms with Gasteiger partial charge in [0.25, 0.3) is 5.91 Å². The van der Waals surface area contributed by atoms with Crippen molar-refractivity contribution >= 4 is 23.3 Å². The summed E-state index contributed by atoms with van der Waals surface area (Å²) in [6, 6.07) is 14.6. The molecular weight excluding hydrogens is 502 g/mol. The summed E-state index contributed by atoms with van der Waals surface area (Å²) in [7, 11) is 0. The molecule has 0 bridgehead atoms. The molecule has 212 valence electrons. The van der Waals surface area contributed by atoms with E-state index in [2.05, 4.69) is 33.3 Å². The number of ether oxygens (including phenoxy) is 1. The fourth-order valence-electron chi connectivity index (χ4n) is 6.60. The lowest BCUT2D eigenvalue weighted by Crippen LogP contribution is -2.49. The van der Waals surface area contributed by atoms with Gasteiger partial charge < -0.3 is 19.9 Å². The van der Waals surface area contributed by atoms with Crippen LogP contribution in [0.5, 0.6) is 0 Å². The first-order valence-corrected chi connectivity index (χ1v) is 14.9. The number of aliphatic imine (C=N–C) groups is 1. The summed E-state index contributed by atoms with van der Waals surface area (Å²) in [6.45, 7) is 9.76. The SMILES string of the molecule is Cc1ccc(C(=O)N=C2Cc3ccc(CN4CCOCC4)cc3N2C2CCC(C(=O)N3CCNCC3)CC2)cc1. The predicted octanol–water partition coefficient (Wildman–Crippen LogP) is 3.42. The molecule has 0 radical (unpaired) electrons. The topological polar surface area (TPSA) is 77.5 Å². The van der Waals surface area contributed by atoms with Crippen LogP contribution in [0.15, 0.2) is 47.5 Å². The van der Waals surface area contributed by atoms with Crippen LogP contribution in [0.4, 0.5) is 5.69 Å². The highest BCUT2D eigenvalue weighted by atomic mass is 16.5. The Morgan fingerprint density at radius 1 is 0.950 bits per heavy atom. The van der Waals surface area contributed by atoms with Gasteiger partial charge >= 0.3 is 0 Å². The number of hydrogen-bond donors (Lipinski definition) is 1. The molecule has 0 aromatic heterocycles. The van der Waals surface area contributed by atoms with Crippen LogP contribution >= 0.6 is 0 Å². The second-order valence-corrected chi connectivity index (χ2v) is 11.7. The summed E-state index contributed by atoms with van der Waals surface area (Å²) < 4.78 is 5.54. The Balaban J connectivity index is 1.23. The molecule has 2 aromatic rings. The molecule has 3 heterocycles. The molecule has 4 aliphatic rings. The molecule has 2 aromatic carbocycles. The van der Waals surface area contributed by atoms with Gasteiger partial charge in [0.15, 0.2) is 0 Å². The van der Waals surface area contributed by atoms with E-state index in [0.29, 0.717) is 17.9 Å². The molecule has 2 amide bonds. The predicted molar refractivity (Wildman–Crippen MR) is 157 cm³/mol. The Hall–Kier alpha value is -3.07. The molecule has 1 aliphatic carbocycles. The van der Waals surface area contributed by atoms with Crippen molar-refractivity contribution in [3.05, 3.63) is 64.7 Å². The molecule has 8 nitrogen and oxygen atoms in total. The Morgan fingerprint density at radius 3 is 2.40 bits per heavy atom. The first-order chi connectivity index (χ1) is 19.5. The number of amidine groups is 1. The van der Waals surface area contributed by atoms with Gasteiger partial charge in [-0.1, -0.05) is 29.8 Å². The number of nitrogens with zero attached hydrogens (tertiary/aromatic N) is 4. The van der Waals surface area contributed by atoms with Gasteiger partial charge in [-0.05, 0) is 61.9 Å². The average Bonchev–Trinajstić information content (AvgIpc) is 3.35. The number of piperazine rings is 1. The molecule has 1 saturated carbocycles. The standard InChI is InChI=1S/C32H41N5O3/c1-23-2-5-25(6-3-23)31(38)34-30-21-27-7-4-24(22-35-16-18-40-19-17-35)20-29(27)37(30)28-10-8-26(9-11-28)32(39)36-14-12-33-13-15-36/h2-7,20,26,28,33H,8-19,21-22H2,1H3. The highest BCUT2D eigenvalue weighted by Crippen LogP contribution is 2.38. The van der Waals surface area contributed by atoms with Gasteiger partial charge in [0.2, 0.25) is 5.91 Å². The van der Waals surface area contributed by atoms with Crippen molar-refractivity contribution in [1.29, 1.82) is 0 Å². The number of fused-ring (bicyclic) bond motifs is 1. The lowest BCUT2D eigenvalue weighted by atomic mass is 9.84. The normalized spacial score (nSPS) is 24.8. The maximum absolute atomic E-state index is 13.2. The van der Waals surface area contributed by atoms with E-state index in [0.717, 1.165) is 96.1 Å². The van der Waals surface area contributed by atoms with Gasteiger partial charge in [-0.15, -0.1) is 0 Å². The number of hydrogen-bond acceptors (Lipinski definition) is 5. The molecule has 0 spiro atoms. The highest BCUT2D eigenvalue weighted by Gasteiger charge is 2.37. The largest absolute Gasteiger partial charge is 0.379 e. The van der Waals surface area contributed by atoms with E-state index >= 15 is 0 Å². The number of anilines is 1. The molecule has 8 heteroatoms. The van der Waals surface area contributed by atoms with E-state index in [-0.39, 0.29) is 17.9 Å². The lowest BCUT2D eigenvalue weighted by molar-refractivity contribution is -0.137.